The molecule has 4 nitrogen and oxygen atoms in total. The lowest BCUT2D eigenvalue weighted by Gasteiger charge is -2.22. The second kappa shape index (κ2) is 6.20. The smallest absolute Gasteiger partial charge is 0.276 e. The maximum absolute atomic E-state index is 13.0. The van der Waals surface area contributed by atoms with Gasteiger partial charge in [-0.25, -0.2) is 4.39 Å². The van der Waals surface area contributed by atoms with Gasteiger partial charge in [-0.2, -0.15) is 0 Å². The highest BCUT2D eigenvalue weighted by Gasteiger charge is 2.32. The summed E-state index contributed by atoms with van der Waals surface area (Å²) in [5, 5.41) is 5.95. The van der Waals surface area contributed by atoms with E-state index in [2.05, 4.69) is 11.2 Å². The number of carbonyl (C=O) groups is 1. The summed E-state index contributed by atoms with van der Waals surface area (Å²) in [4.78, 5) is 15.9. The summed E-state index contributed by atoms with van der Waals surface area (Å²) in [6.45, 7) is 0.722. The minimum absolute atomic E-state index is 0.114. The van der Waals surface area contributed by atoms with Gasteiger partial charge in [0.25, 0.3) is 5.91 Å². The summed E-state index contributed by atoms with van der Waals surface area (Å²) in [5.74, 6) is 0.0265. The zero-order chi connectivity index (χ0) is 16.5. The topological polar surface area (TPSA) is 46.3 Å². The number of halogens is 1. The van der Waals surface area contributed by atoms with Crippen molar-refractivity contribution >= 4 is 17.2 Å². The molecule has 1 aromatic carbocycles. The van der Waals surface area contributed by atoms with E-state index >= 15 is 0 Å². The van der Waals surface area contributed by atoms with Crippen LogP contribution in [0.5, 0.6) is 0 Å². The molecule has 0 saturated carbocycles. The Labute approximate surface area is 142 Å². The quantitative estimate of drug-likeness (QED) is 0.703. The van der Waals surface area contributed by atoms with Crippen LogP contribution in [0.2, 0.25) is 0 Å². The molecule has 3 aromatic rings. The predicted octanol–water partition coefficient (Wildman–Crippen LogP) is 4.52. The van der Waals surface area contributed by atoms with Crippen LogP contribution in [0.1, 0.15) is 34.2 Å². The van der Waals surface area contributed by atoms with Crippen LogP contribution < -0.4 is 0 Å². The van der Waals surface area contributed by atoms with Gasteiger partial charge < -0.3 is 9.42 Å². The van der Waals surface area contributed by atoms with Crippen LogP contribution in [0.25, 0.3) is 11.3 Å². The molecule has 3 heterocycles. The number of hydrogen-bond donors (Lipinski definition) is 0. The fraction of sp³-hybridized carbons (Fsp3) is 0.222. The van der Waals surface area contributed by atoms with Crippen LogP contribution in [-0.2, 0) is 0 Å². The molecule has 1 fully saturated rings. The molecule has 0 unspecified atom stereocenters. The van der Waals surface area contributed by atoms with Crippen LogP contribution in [0.4, 0.5) is 4.39 Å². The lowest BCUT2D eigenvalue weighted by molar-refractivity contribution is 0.0727. The molecule has 122 valence electrons. The Morgan fingerprint density at radius 2 is 2.12 bits per heavy atom. The van der Waals surface area contributed by atoms with Gasteiger partial charge in [0.1, 0.15) is 5.82 Å². The Morgan fingerprint density at radius 3 is 2.88 bits per heavy atom. The van der Waals surface area contributed by atoms with Gasteiger partial charge in [-0.1, -0.05) is 11.2 Å². The van der Waals surface area contributed by atoms with E-state index in [-0.39, 0.29) is 23.5 Å². The van der Waals surface area contributed by atoms with E-state index < -0.39 is 0 Å². The standard InChI is InChI=1S/C18H15FN2O2S/c19-13-7-5-12(6-8-13)16-11-14(20-23-16)18(22)21-9-1-3-15(21)17-4-2-10-24-17/h2,4-8,10-11,15H,1,3,9H2/t15-/m1/s1. The van der Waals surface area contributed by atoms with Crippen molar-refractivity contribution in [2.24, 2.45) is 0 Å². The number of amides is 1. The van der Waals surface area contributed by atoms with Crippen LogP contribution >= 0.6 is 11.3 Å². The van der Waals surface area contributed by atoms with E-state index in [4.69, 9.17) is 4.52 Å². The summed E-state index contributed by atoms with van der Waals surface area (Å²) in [6.07, 6.45) is 1.95. The van der Waals surface area contributed by atoms with E-state index in [1.165, 1.54) is 17.0 Å². The molecule has 1 aliphatic rings. The van der Waals surface area contributed by atoms with Crippen LogP contribution in [-0.4, -0.2) is 22.5 Å². The summed E-state index contributed by atoms with van der Waals surface area (Å²) < 4.78 is 18.3. The van der Waals surface area contributed by atoms with Crippen molar-refractivity contribution in [2.45, 2.75) is 18.9 Å². The van der Waals surface area contributed by atoms with Gasteiger partial charge in [0.15, 0.2) is 11.5 Å². The fourth-order valence-corrected chi connectivity index (χ4v) is 3.93. The number of aromatic nitrogens is 1. The Kier molecular flexibility index (Phi) is 3.90. The van der Waals surface area contributed by atoms with Crippen molar-refractivity contribution < 1.29 is 13.7 Å². The average Bonchev–Trinajstić information content (AvgIpc) is 3.34. The molecule has 24 heavy (non-hydrogen) atoms. The molecule has 4 rings (SSSR count). The molecule has 0 radical (unpaired) electrons. The summed E-state index contributed by atoms with van der Waals surface area (Å²) in [6, 6.07) is 11.7. The first kappa shape index (κ1) is 15.1. The number of hydrogen-bond acceptors (Lipinski definition) is 4. The number of benzene rings is 1. The van der Waals surface area contributed by atoms with E-state index in [1.807, 2.05) is 16.3 Å². The first-order valence-corrected chi connectivity index (χ1v) is 8.67. The SMILES string of the molecule is O=C(c1cc(-c2ccc(F)cc2)on1)N1CCC[C@@H]1c1cccs1. The molecule has 1 amide bonds. The third-order valence-electron chi connectivity index (χ3n) is 4.24. The summed E-state index contributed by atoms with van der Waals surface area (Å²) in [7, 11) is 0. The van der Waals surface area contributed by atoms with Gasteiger partial charge in [-0.05, 0) is 48.6 Å². The number of nitrogens with zero attached hydrogens (tertiary/aromatic N) is 2. The Morgan fingerprint density at radius 1 is 1.29 bits per heavy atom. The highest BCUT2D eigenvalue weighted by Crippen LogP contribution is 2.35. The van der Waals surface area contributed by atoms with E-state index in [1.54, 1.807) is 29.5 Å². The molecule has 0 aliphatic carbocycles. The molecule has 2 aromatic heterocycles. The minimum Gasteiger partial charge on any atom is -0.355 e. The maximum Gasteiger partial charge on any atom is 0.276 e. The van der Waals surface area contributed by atoms with Crippen molar-refractivity contribution in [1.82, 2.24) is 10.1 Å². The van der Waals surface area contributed by atoms with Crippen LogP contribution in [0, 0.1) is 5.82 Å². The zero-order valence-electron chi connectivity index (χ0n) is 12.8. The normalized spacial score (nSPS) is 17.4. The van der Waals surface area contributed by atoms with Gasteiger partial charge in [0.05, 0.1) is 6.04 Å². The summed E-state index contributed by atoms with van der Waals surface area (Å²) in [5.41, 5.74) is 0.983. The Hall–Kier alpha value is -2.47. The lowest BCUT2D eigenvalue weighted by atomic mass is 10.1. The van der Waals surface area contributed by atoms with E-state index in [0.717, 1.165) is 19.4 Å². The van der Waals surface area contributed by atoms with Crippen molar-refractivity contribution in [2.75, 3.05) is 6.54 Å². The Balaban J connectivity index is 1.57. The maximum atomic E-state index is 13.0. The summed E-state index contributed by atoms with van der Waals surface area (Å²) >= 11 is 1.67. The largest absolute Gasteiger partial charge is 0.355 e. The van der Waals surface area contributed by atoms with Crippen molar-refractivity contribution in [3.05, 3.63) is 64.2 Å². The highest BCUT2D eigenvalue weighted by molar-refractivity contribution is 7.10. The lowest BCUT2D eigenvalue weighted by Crippen LogP contribution is -2.30. The van der Waals surface area contributed by atoms with E-state index in [9.17, 15) is 9.18 Å². The molecular formula is C18H15FN2O2S. The highest BCUT2D eigenvalue weighted by atomic mass is 32.1. The molecule has 6 heteroatoms. The Bertz CT molecular complexity index is 842. The number of likely N-dealkylation sites (tertiary alicyclic amines) is 1. The van der Waals surface area contributed by atoms with Crippen molar-refractivity contribution in [1.29, 1.82) is 0 Å². The number of thiophene rings is 1. The van der Waals surface area contributed by atoms with Gasteiger partial charge in [0.2, 0.25) is 0 Å². The molecule has 0 bridgehead atoms. The molecule has 1 saturated heterocycles. The molecule has 0 spiro atoms. The predicted molar refractivity (Wildman–Crippen MR) is 89.2 cm³/mol. The second-order valence-corrected chi connectivity index (χ2v) is 6.73. The third-order valence-corrected chi connectivity index (χ3v) is 5.22. The minimum atomic E-state index is -0.314. The molecule has 0 N–H and O–H groups in total. The van der Waals surface area contributed by atoms with E-state index in [0.29, 0.717) is 11.3 Å². The van der Waals surface area contributed by atoms with Gasteiger partial charge in [-0.15, -0.1) is 11.3 Å². The van der Waals surface area contributed by atoms with Crippen molar-refractivity contribution in [3.8, 4) is 11.3 Å². The average molecular weight is 342 g/mol. The second-order valence-electron chi connectivity index (χ2n) is 5.76. The van der Waals surface area contributed by atoms with Crippen LogP contribution in [0.15, 0.2) is 52.4 Å². The first-order valence-electron chi connectivity index (χ1n) is 7.79. The van der Waals surface area contributed by atoms with Gasteiger partial charge in [-0.3, -0.25) is 4.79 Å². The fourth-order valence-electron chi connectivity index (χ4n) is 3.06. The molecule has 1 aliphatic heterocycles. The van der Waals surface area contributed by atoms with Crippen molar-refractivity contribution in [3.63, 3.8) is 0 Å². The number of rotatable bonds is 3. The zero-order valence-corrected chi connectivity index (χ0v) is 13.6. The third kappa shape index (κ3) is 2.73. The molecule has 1 atom stereocenters. The number of carbonyl (C=O) groups excluding carboxylic acids is 1. The first-order chi connectivity index (χ1) is 11.7. The van der Waals surface area contributed by atoms with Gasteiger partial charge in [0, 0.05) is 23.1 Å². The molecular weight excluding hydrogens is 327 g/mol. The van der Waals surface area contributed by atoms with Crippen LogP contribution in [0.3, 0.4) is 0 Å². The monoisotopic (exact) mass is 342 g/mol. The van der Waals surface area contributed by atoms with Gasteiger partial charge >= 0.3 is 0 Å².